The summed E-state index contributed by atoms with van der Waals surface area (Å²) in [5, 5.41) is 2.94. The molecule has 144 valence electrons. The Kier molecular flexibility index (Phi) is 8.45. The van der Waals surface area contributed by atoms with Crippen molar-refractivity contribution < 1.29 is 9.59 Å². The van der Waals surface area contributed by atoms with Crippen molar-refractivity contribution in [3.63, 3.8) is 0 Å². The lowest BCUT2D eigenvalue weighted by Gasteiger charge is -2.17. The third-order valence-electron chi connectivity index (χ3n) is 4.40. The van der Waals surface area contributed by atoms with Gasteiger partial charge in [0.15, 0.2) is 0 Å². The zero-order valence-corrected chi connectivity index (χ0v) is 15.9. The molecular weight excluding hydrogens is 340 g/mol. The maximum atomic E-state index is 12.4. The highest BCUT2D eigenvalue weighted by Crippen LogP contribution is 2.16. The summed E-state index contributed by atoms with van der Waals surface area (Å²) in [6.45, 7) is 1.20. The summed E-state index contributed by atoms with van der Waals surface area (Å²) in [5.41, 5.74) is 7.85. The van der Waals surface area contributed by atoms with Crippen LogP contribution in [0.25, 0.3) is 0 Å². The Morgan fingerprint density at radius 2 is 1.67 bits per heavy atom. The van der Waals surface area contributed by atoms with E-state index >= 15 is 0 Å². The number of nitrogens with zero attached hydrogens (tertiary/aromatic N) is 2. The number of amides is 2. The molecule has 2 amide bonds. The summed E-state index contributed by atoms with van der Waals surface area (Å²) in [6, 6.07) is 11.0. The molecule has 0 radical (unpaired) electrons. The highest BCUT2D eigenvalue weighted by Gasteiger charge is 2.13. The number of carbonyl (C=O) groups excluding carboxylic acids is 2. The van der Waals surface area contributed by atoms with Crippen molar-refractivity contribution in [2.45, 2.75) is 38.6 Å². The van der Waals surface area contributed by atoms with Gasteiger partial charge in [-0.05, 0) is 49.2 Å². The standard InChI is InChI=1S/C21H28N4O2/c1-25(21(27)18-11-14-23-15-12-18)19-9-7-17(8-10-19)16-24-20(26)6-4-2-3-5-13-22/h7-12,14-15H,2-6,13,16,22H2,1H3,(H,24,26). The summed E-state index contributed by atoms with van der Waals surface area (Å²) in [7, 11) is 1.74. The Morgan fingerprint density at radius 1 is 1.00 bits per heavy atom. The van der Waals surface area contributed by atoms with Crippen molar-refractivity contribution in [2.75, 3.05) is 18.5 Å². The minimum absolute atomic E-state index is 0.0665. The van der Waals surface area contributed by atoms with E-state index in [1.54, 1.807) is 36.5 Å². The number of rotatable bonds is 10. The Labute approximate surface area is 160 Å². The molecule has 0 spiro atoms. The highest BCUT2D eigenvalue weighted by molar-refractivity contribution is 6.05. The third kappa shape index (κ3) is 6.83. The quantitative estimate of drug-likeness (QED) is 0.631. The van der Waals surface area contributed by atoms with Gasteiger partial charge in [-0.25, -0.2) is 0 Å². The molecule has 0 aliphatic carbocycles. The maximum Gasteiger partial charge on any atom is 0.258 e. The molecule has 0 fully saturated rings. The van der Waals surface area contributed by atoms with Crippen molar-refractivity contribution in [1.29, 1.82) is 0 Å². The van der Waals surface area contributed by atoms with Crippen molar-refractivity contribution in [3.8, 4) is 0 Å². The molecule has 0 bridgehead atoms. The monoisotopic (exact) mass is 368 g/mol. The molecule has 0 aliphatic heterocycles. The van der Waals surface area contributed by atoms with Crippen LogP contribution in [0.1, 0.15) is 48.0 Å². The van der Waals surface area contributed by atoms with E-state index in [0.29, 0.717) is 25.1 Å². The van der Waals surface area contributed by atoms with Crippen LogP contribution >= 0.6 is 0 Å². The summed E-state index contributed by atoms with van der Waals surface area (Å²) in [5.74, 6) is -0.0232. The van der Waals surface area contributed by atoms with Crippen LogP contribution in [0.15, 0.2) is 48.8 Å². The topological polar surface area (TPSA) is 88.3 Å². The fraction of sp³-hybridized carbons (Fsp3) is 0.381. The zero-order chi connectivity index (χ0) is 19.5. The van der Waals surface area contributed by atoms with Gasteiger partial charge in [-0.2, -0.15) is 0 Å². The van der Waals surface area contributed by atoms with Gasteiger partial charge in [0.05, 0.1) is 0 Å². The van der Waals surface area contributed by atoms with Crippen molar-refractivity contribution in [1.82, 2.24) is 10.3 Å². The number of benzene rings is 1. The molecule has 3 N–H and O–H groups in total. The second-order valence-corrected chi connectivity index (χ2v) is 6.50. The van der Waals surface area contributed by atoms with E-state index in [2.05, 4.69) is 10.3 Å². The summed E-state index contributed by atoms with van der Waals surface area (Å²) >= 11 is 0. The molecule has 1 heterocycles. The number of unbranched alkanes of at least 4 members (excludes halogenated alkanes) is 3. The number of aromatic nitrogens is 1. The number of pyridine rings is 1. The highest BCUT2D eigenvalue weighted by atomic mass is 16.2. The third-order valence-corrected chi connectivity index (χ3v) is 4.40. The molecule has 2 rings (SSSR count). The molecule has 6 nitrogen and oxygen atoms in total. The molecule has 27 heavy (non-hydrogen) atoms. The Bertz CT molecular complexity index is 717. The van der Waals surface area contributed by atoms with Crippen LogP contribution < -0.4 is 16.0 Å². The summed E-state index contributed by atoms with van der Waals surface area (Å²) in [4.78, 5) is 29.8. The van der Waals surface area contributed by atoms with Crippen molar-refractivity contribution in [2.24, 2.45) is 5.73 Å². The van der Waals surface area contributed by atoms with E-state index in [0.717, 1.165) is 36.9 Å². The van der Waals surface area contributed by atoms with E-state index < -0.39 is 0 Å². The van der Waals surface area contributed by atoms with Gasteiger partial charge < -0.3 is 16.0 Å². The lowest BCUT2D eigenvalue weighted by atomic mass is 10.1. The van der Waals surface area contributed by atoms with E-state index in [1.165, 1.54) is 0 Å². The molecule has 0 atom stereocenters. The Balaban J connectivity index is 1.79. The van der Waals surface area contributed by atoms with Crippen LogP contribution in [0.2, 0.25) is 0 Å². The van der Waals surface area contributed by atoms with Gasteiger partial charge >= 0.3 is 0 Å². The molecule has 1 aromatic carbocycles. The first-order valence-corrected chi connectivity index (χ1v) is 9.35. The number of carbonyl (C=O) groups is 2. The largest absolute Gasteiger partial charge is 0.352 e. The van der Waals surface area contributed by atoms with Crippen LogP contribution in [0, 0.1) is 0 Å². The minimum atomic E-state index is -0.0897. The van der Waals surface area contributed by atoms with Crippen LogP contribution in [0.3, 0.4) is 0 Å². The number of nitrogens with one attached hydrogen (secondary N) is 1. The maximum absolute atomic E-state index is 12.4. The molecule has 0 saturated heterocycles. The van der Waals surface area contributed by atoms with Crippen LogP contribution in [0.5, 0.6) is 0 Å². The zero-order valence-electron chi connectivity index (χ0n) is 15.9. The number of anilines is 1. The van der Waals surface area contributed by atoms with Gasteiger partial charge in [0.25, 0.3) is 5.91 Å². The first-order valence-electron chi connectivity index (χ1n) is 9.35. The lowest BCUT2D eigenvalue weighted by molar-refractivity contribution is -0.121. The Hall–Kier alpha value is -2.73. The smallest absolute Gasteiger partial charge is 0.258 e. The lowest BCUT2D eigenvalue weighted by Crippen LogP contribution is -2.26. The van der Waals surface area contributed by atoms with E-state index in [4.69, 9.17) is 5.73 Å². The number of hydrogen-bond acceptors (Lipinski definition) is 4. The molecule has 0 aliphatic rings. The predicted molar refractivity (Wildman–Crippen MR) is 107 cm³/mol. The van der Waals surface area contributed by atoms with Crippen LogP contribution in [-0.4, -0.2) is 30.4 Å². The van der Waals surface area contributed by atoms with Gasteiger partial charge in [-0.1, -0.05) is 25.0 Å². The molecular formula is C21H28N4O2. The average molecular weight is 368 g/mol. The van der Waals surface area contributed by atoms with Gasteiger partial charge in [-0.3, -0.25) is 14.6 Å². The van der Waals surface area contributed by atoms with Gasteiger partial charge in [0.2, 0.25) is 5.91 Å². The van der Waals surface area contributed by atoms with Crippen LogP contribution in [0.4, 0.5) is 5.69 Å². The van der Waals surface area contributed by atoms with Crippen LogP contribution in [-0.2, 0) is 11.3 Å². The number of hydrogen-bond donors (Lipinski definition) is 2. The fourth-order valence-corrected chi connectivity index (χ4v) is 2.72. The molecule has 6 heteroatoms. The molecule has 1 aromatic heterocycles. The Morgan fingerprint density at radius 3 is 2.33 bits per heavy atom. The normalized spacial score (nSPS) is 10.4. The average Bonchev–Trinajstić information content (AvgIpc) is 2.72. The minimum Gasteiger partial charge on any atom is -0.352 e. The second kappa shape index (κ2) is 11.1. The fourth-order valence-electron chi connectivity index (χ4n) is 2.72. The second-order valence-electron chi connectivity index (χ2n) is 6.50. The van der Waals surface area contributed by atoms with E-state index in [9.17, 15) is 9.59 Å². The predicted octanol–water partition coefficient (Wildman–Crippen LogP) is 2.88. The van der Waals surface area contributed by atoms with E-state index in [-0.39, 0.29) is 11.8 Å². The van der Waals surface area contributed by atoms with Gasteiger partial charge in [0, 0.05) is 43.7 Å². The first-order chi connectivity index (χ1) is 13.1. The SMILES string of the molecule is CN(C(=O)c1ccncc1)c1ccc(CNC(=O)CCCCCCN)cc1. The van der Waals surface area contributed by atoms with E-state index in [1.807, 2.05) is 24.3 Å². The first kappa shape index (κ1) is 20.6. The molecule has 0 saturated carbocycles. The van der Waals surface area contributed by atoms with Gasteiger partial charge in [-0.15, -0.1) is 0 Å². The van der Waals surface area contributed by atoms with Gasteiger partial charge in [0.1, 0.15) is 0 Å². The summed E-state index contributed by atoms with van der Waals surface area (Å²) in [6.07, 6.45) is 7.79. The van der Waals surface area contributed by atoms with Crippen molar-refractivity contribution >= 4 is 17.5 Å². The van der Waals surface area contributed by atoms with Crippen molar-refractivity contribution in [3.05, 3.63) is 59.9 Å². The summed E-state index contributed by atoms with van der Waals surface area (Å²) < 4.78 is 0. The molecule has 0 unspecified atom stereocenters. The molecule has 2 aromatic rings. The number of nitrogens with two attached hydrogens (primary N) is 1.